The van der Waals surface area contributed by atoms with Crippen LogP contribution in [0.2, 0.25) is 0 Å². The van der Waals surface area contributed by atoms with Gasteiger partial charge < -0.3 is 29.8 Å². The quantitative estimate of drug-likeness (QED) is 0.222. The lowest BCUT2D eigenvalue weighted by Gasteiger charge is -2.13. The molecule has 39 heavy (non-hydrogen) atoms. The maximum Gasteiger partial charge on any atom is 0.310 e. The number of furan rings is 1. The van der Waals surface area contributed by atoms with Gasteiger partial charge in [-0.15, -0.1) is 0 Å². The van der Waals surface area contributed by atoms with Crippen LogP contribution in [0.25, 0.3) is 22.1 Å². The van der Waals surface area contributed by atoms with Crippen molar-refractivity contribution in [1.29, 1.82) is 0 Å². The Kier molecular flexibility index (Phi) is 12.2. The van der Waals surface area contributed by atoms with Crippen molar-refractivity contribution in [3.63, 3.8) is 0 Å². The number of nitrogens with two attached hydrogens (primary N) is 1. The smallest absolute Gasteiger partial charge is 0.310 e. The second-order valence-corrected chi connectivity index (χ2v) is 9.01. The third kappa shape index (κ3) is 8.42. The largest absolute Gasteiger partial charge is 0.489 e. The van der Waals surface area contributed by atoms with E-state index >= 15 is 0 Å². The molecule has 0 aliphatic carbocycles. The topological polar surface area (TPSA) is 115 Å². The first-order valence-electron chi connectivity index (χ1n) is 13.2. The van der Waals surface area contributed by atoms with Crippen molar-refractivity contribution >= 4 is 16.9 Å². The normalized spacial score (nSPS) is 10.7. The molecule has 1 aromatic heterocycles. The molecule has 7 nitrogen and oxygen atoms in total. The molecule has 0 radical (unpaired) electrons. The summed E-state index contributed by atoms with van der Waals surface area (Å²) in [5, 5.41) is 18.4. The highest BCUT2D eigenvalue weighted by atomic mass is 16.5. The summed E-state index contributed by atoms with van der Waals surface area (Å²) in [4.78, 5) is 12.0. The maximum atomic E-state index is 12.0. The lowest BCUT2D eigenvalue weighted by atomic mass is 9.98. The lowest BCUT2D eigenvalue weighted by Crippen LogP contribution is -2.13. The number of hydrogen-bond donors (Lipinski definition) is 3. The van der Waals surface area contributed by atoms with Crippen LogP contribution in [0.5, 0.6) is 5.75 Å². The Morgan fingerprint density at radius 2 is 1.69 bits per heavy atom. The molecule has 0 aliphatic heterocycles. The van der Waals surface area contributed by atoms with E-state index in [1.807, 2.05) is 80.6 Å². The van der Waals surface area contributed by atoms with Gasteiger partial charge in [0.15, 0.2) is 0 Å². The van der Waals surface area contributed by atoms with Gasteiger partial charge in [0, 0.05) is 30.2 Å². The number of carbonyl (C=O) groups excluding carboxylic acids is 1. The standard InChI is InChI=1S/C29H31NO5.C2H6.CH4O/c1-4-33-27(31)16-22-9-5-6-11-25(22)34-18-20-13-23-15-26(29(2,3)32)35-28(23)24(14-20)21-10-7-8-19(12-21)17-30;2*1-2/h5-15,32H,4,16-18,30H2,1-3H3;1-2H3;2H,1H3. The summed E-state index contributed by atoms with van der Waals surface area (Å²) < 4.78 is 17.4. The second kappa shape index (κ2) is 15.1. The molecule has 0 aliphatic rings. The van der Waals surface area contributed by atoms with Crippen LogP contribution in [0.15, 0.2) is 71.1 Å². The number of benzene rings is 3. The number of para-hydroxylation sites is 1. The van der Waals surface area contributed by atoms with Crippen molar-refractivity contribution in [2.45, 2.75) is 59.8 Å². The molecular formula is C32H41NO6. The minimum atomic E-state index is -1.11. The van der Waals surface area contributed by atoms with Gasteiger partial charge in [-0.1, -0.05) is 50.2 Å². The first-order chi connectivity index (χ1) is 18.8. The van der Waals surface area contributed by atoms with Gasteiger partial charge >= 0.3 is 5.97 Å². The van der Waals surface area contributed by atoms with Gasteiger partial charge in [-0.2, -0.15) is 0 Å². The van der Waals surface area contributed by atoms with E-state index < -0.39 is 5.60 Å². The molecule has 0 saturated heterocycles. The second-order valence-electron chi connectivity index (χ2n) is 9.01. The molecule has 0 unspecified atom stereocenters. The average molecular weight is 536 g/mol. The van der Waals surface area contributed by atoms with Crippen LogP contribution in [0.3, 0.4) is 0 Å². The first kappa shape index (κ1) is 31.6. The van der Waals surface area contributed by atoms with Crippen molar-refractivity contribution in [2.75, 3.05) is 13.7 Å². The number of fused-ring (bicyclic) bond motifs is 1. The predicted molar refractivity (Wildman–Crippen MR) is 155 cm³/mol. The monoisotopic (exact) mass is 535 g/mol. The third-order valence-corrected chi connectivity index (χ3v) is 5.76. The molecule has 0 amide bonds. The third-order valence-electron chi connectivity index (χ3n) is 5.76. The number of aliphatic hydroxyl groups is 2. The summed E-state index contributed by atoms with van der Waals surface area (Å²) in [6.45, 7) is 10.3. The minimum Gasteiger partial charge on any atom is -0.489 e. The Hall–Kier alpha value is -3.65. The zero-order chi connectivity index (χ0) is 29.0. The summed E-state index contributed by atoms with van der Waals surface area (Å²) >= 11 is 0. The van der Waals surface area contributed by atoms with Crippen LogP contribution in [0.1, 0.15) is 57.1 Å². The molecule has 1 heterocycles. The van der Waals surface area contributed by atoms with Crippen LogP contribution in [-0.2, 0) is 34.7 Å². The van der Waals surface area contributed by atoms with Gasteiger partial charge in [-0.25, -0.2) is 0 Å². The first-order valence-corrected chi connectivity index (χ1v) is 13.2. The summed E-state index contributed by atoms with van der Waals surface area (Å²) in [7, 11) is 1.00. The predicted octanol–water partition coefficient (Wildman–Crippen LogP) is 6.11. The highest BCUT2D eigenvalue weighted by Gasteiger charge is 2.23. The lowest BCUT2D eigenvalue weighted by molar-refractivity contribution is -0.142. The van der Waals surface area contributed by atoms with Gasteiger partial charge in [0.1, 0.15) is 29.3 Å². The SMILES string of the molecule is CC.CCOC(=O)Cc1ccccc1OCc1cc(-c2cccc(CN)c2)c2oc(C(C)(C)O)cc2c1.CO. The molecular weight excluding hydrogens is 494 g/mol. The minimum absolute atomic E-state index is 0.150. The van der Waals surface area contributed by atoms with E-state index in [0.717, 1.165) is 40.3 Å². The number of rotatable bonds is 9. The van der Waals surface area contributed by atoms with E-state index in [-0.39, 0.29) is 12.4 Å². The Morgan fingerprint density at radius 3 is 2.36 bits per heavy atom. The van der Waals surface area contributed by atoms with Gasteiger partial charge in [-0.05, 0) is 67.8 Å². The summed E-state index contributed by atoms with van der Waals surface area (Å²) in [5.74, 6) is 0.836. The molecule has 0 fully saturated rings. The van der Waals surface area contributed by atoms with E-state index in [4.69, 9.17) is 24.7 Å². The highest BCUT2D eigenvalue weighted by Crippen LogP contribution is 2.36. The van der Waals surface area contributed by atoms with Crippen molar-refractivity contribution in [3.05, 3.63) is 89.2 Å². The number of carbonyl (C=O) groups is 1. The Labute approximate surface area is 231 Å². The zero-order valence-electron chi connectivity index (χ0n) is 23.8. The molecule has 210 valence electrons. The van der Waals surface area contributed by atoms with Gasteiger partial charge in [0.2, 0.25) is 0 Å². The Morgan fingerprint density at radius 1 is 0.974 bits per heavy atom. The highest BCUT2D eigenvalue weighted by molar-refractivity contribution is 5.94. The molecule has 0 atom stereocenters. The number of aliphatic hydroxyl groups excluding tert-OH is 1. The number of esters is 1. The van der Waals surface area contributed by atoms with Gasteiger partial charge in [0.05, 0.1) is 13.0 Å². The fourth-order valence-electron chi connectivity index (χ4n) is 4.00. The van der Waals surface area contributed by atoms with E-state index in [1.54, 1.807) is 20.8 Å². The van der Waals surface area contributed by atoms with Crippen molar-refractivity contribution in [2.24, 2.45) is 5.73 Å². The summed E-state index contributed by atoms with van der Waals surface area (Å²) in [6.07, 6.45) is 0.150. The summed E-state index contributed by atoms with van der Waals surface area (Å²) in [6, 6.07) is 21.4. The summed E-state index contributed by atoms with van der Waals surface area (Å²) in [5.41, 5.74) is 10.0. The van der Waals surface area contributed by atoms with E-state index in [1.165, 1.54) is 0 Å². The number of ether oxygens (including phenoxy) is 2. The average Bonchev–Trinajstić information content (AvgIpc) is 3.40. The zero-order valence-corrected chi connectivity index (χ0v) is 23.8. The fourth-order valence-corrected chi connectivity index (χ4v) is 4.00. The van der Waals surface area contributed by atoms with Crippen LogP contribution >= 0.6 is 0 Å². The van der Waals surface area contributed by atoms with Gasteiger partial charge in [0.25, 0.3) is 0 Å². The molecule has 3 aromatic carbocycles. The van der Waals surface area contributed by atoms with Crippen molar-refractivity contribution < 1.29 is 28.9 Å². The molecule has 4 N–H and O–H groups in total. The molecule has 4 rings (SSSR count). The number of hydrogen-bond acceptors (Lipinski definition) is 7. The van der Waals surface area contributed by atoms with Crippen LogP contribution < -0.4 is 10.5 Å². The van der Waals surface area contributed by atoms with Crippen LogP contribution in [0.4, 0.5) is 0 Å². The van der Waals surface area contributed by atoms with E-state index in [2.05, 4.69) is 0 Å². The molecule has 4 aromatic rings. The molecule has 0 spiro atoms. The maximum absolute atomic E-state index is 12.0. The van der Waals surface area contributed by atoms with Crippen LogP contribution in [-0.4, -0.2) is 29.9 Å². The Balaban J connectivity index is 0.00000127. The van der Waals surface area contributed by atoms with E-state index in [0.29, 0.717) is 36.9 Å². The molecule has 7 heteroatoms. The van der Waals surface area contributed by atoms with Gasteiger partial charge in [-0.3, -0.25) is 4.79 Å². The van der Waals surface area contributed by atoms with Crippen molar-refractivity contribution in [1.82, 2.24) is 0 Å². The van der Waals surface area contributed by atoms with E-state index in [9.17, 15) is 9.90 Å². The fraction of sp³-hybridized carbons (Fsp3) is 0.344. The van der Waals surface area contributed by atoms with Crippen molar-refractivity contribution in [3.8, 4) is 16.9 Å². The molecule has 0 bridgehead atoms. The molecule has 0 saturated carbocycles. The van der Waals surface area contributed by atoms with Crippen LogP contribution in [0, 0.1) is 0 Å². The Bertz CT molecular complexity index is 1340.